The largest absolute Gasteiger partial charge is 0.469 e. The monoisotopic (exact) mass is 350 g/mol. The predicted molar refractivity (Wildman–Crippen MR) is 98.2 cm³/mol. The molecular weight excluding hydrogens is 328 g/mol. The minimum absolute atomic E-state index is 0.147. The lowest BCUT2D eigenvalue weighted by Crippen LogP contribution is -2.31. The van der Waals surface area contributed by atoms with Crippen LogP contribution in [0.15, 0.2) is 77.7 Å². The number of amides is 1. The van der Waals surface area contributed by atoms with Crippen LogP contribution in [0.4, 0.5) is 0 Å². The van der Waals surface area contributed by atoms with Crippen molar-refractivity contribution in [2.75, 3.05) is 6.61 Å². The minimum atomic E-state index is -0.316. The van der Waals surface area contributed by atoms with Gasteiger partial charge in [-0.1, -0.05) is 30.3 Å². The number of hydrogen-bond acceptors (Lipinski definition) is 4. The first-order chi connectivity index (χ1) is 12.8. The summed E-state index contributed by atoms with van der Waals surface area (Å²) in [6, 6.07) is 17.4. The number of benzene rings is 1. The molecule has 2 heterocycles. The second kappa shape index (κ2) is 9.53. The summed E-state index contributed by atoms with van der Waals surface area (Å²) in [5, 5.41) is 0. The van der Waals surface area contributed by atoms with E-state index < -0.39 is 0 Å². The maximum atomic E-state index is 12.7. The molecule has 1 atom stereocenters. The summed E-state index contributed by atoms with van der Waals surface area (Å²) in [5.74, 6) is 0.453. The second-order valence-electron chi connectivity index (χ2n) is 6.02. The van der Waals surface area contributed by atoms with Gasteiger partial charge in [0.05, 0.1) is 18.8 Å². The number of carbonyl (C=O) groups excluding carboxylic acids is 1. The zero-order chi connectivity index (χ0) is 18.0. The molecule has 0 aliphatic carbocycles. The average molecular weight is 350 g/mol. The number of rotatable bonds is 9. The molecule has 1 amide bonds. The van der Waals surface area contributed by atoms with Gasteiger partial charge >= 0.3 is 0 Å². The summed E-state index contributed by atoms with van der Waals surface area (Å²) in [7, 11) is 0. The van der Waals surface area contributed by atoms with E-state index in [9.17, 15) is 4.79 Å². The van der Waals surface area contributed by atoms with Gasteiger partial charge in [0.25, 0.3) is 5.91 Å². The van der Waals surface area contributed by atoms with E-state index in [0.717, 1.165) is 29.7 Å². The summed E-state index contributed by atoms with van der Waals surface area (Å²) in [6.45, 7) is 0.434. The zero-order valence-corrected chi connectivity index (χ0v) is 14.5. The van der Waals surface area contributed by atoms with Crippen LogP contribution in [0.3, 0.4) is 0 Å². The molecule has 3 aromatic rings. The molecule has 1 N–H and O–H groups in total. The Labute approximate surface area is 153 Å². The number of furan rings is 1. The highest BCUT2D eigenvalue weighted by Crippen LogP contribution is 2.21. The third-order valence-electron chi connectivity index (χ3n) is 4.13. The first kappa shape index (κ1) is 17.9. The summed E-state index contributed by atoms with van der Waals surface area (Å²) in [6.07, 6.45) is 7.27. The Bertz CT molecular complexity index is 774. The third-order valence-corrected chi connectivity index (χ3v) is 4.13. The van der Waals surface area contributed by atoms with Gasteiger partial charge in [0.15, 0.2) is 0 Å². The SMILES string of the molecule is O=C(NOCCCc1ccco1)C(Cc1ccncc1)c1ccccc1. The van der Waals surface area contributed by atoms with E-state index in [-0.39, 0.29) is 11.8 Å². The number of aromatic nitrogens is 1. The number of nitrogens with zero attached hydrogens (tertiary/aromatic N) is 1. The van der Waals surface area contributed by atoms with E-state index in [1.807, 2.05) is 54.6 Å². The predicted octanol–water partition coefficient (Wildman–Crippen LogP) is 3.68. The van der Waals surface area contributed by atoms with Gasteiger partial charge in [0, 0.05) is 18.8 Å². The Hall–Kier alpha value is -2.92. The summed E-state index contributed by atoms with van der Waals surface area (Å²) >= 11 is 0. The molecule has 0 fully saturated rings. The third kappa shape index (κ3) is 5.29. The highest BCUT2D eigenvalue weighted by Gasteiger charge is 2.21. The zero-order valence-electron chi connectivity index (χ0n) is 14.5. The minimum Gasteiger partial charge on any atom is -0.469 e. The molecule has 1 unspecified atom stereocenters. The summed E-state index contributed by atoms with van der Waals surface area (Å²) in [4.78, 5) is 22.1. The topological polar surface area (TPSA) is 64.4 Å². The normalized spacial score (nSPS) is 11.8. The molecule has 1 aromatic carbocycles. The lowest BCUT2D eigenvalue weighted by molar-refractivity contribution is -0.135. The van der Waals surface area contributed by atoms with Gasteiger partial charge < -0.3 is 4.42 Å². The fraction of sp³-hybridized carbons (Fsp3) is 0.238. The molecule has 5 nitrogen and oxygen atoms in total. The number of aryl methyl sites for hydroxylation is 1. The van der Waals surface area contributed by atoms with Crippen LogP contribution in [-0.2, 0) is 22.5 Å². The maximum absolute atomic E-state index is 12.7. The van der Waals surface area contributed by atoms with Crippen molar-refractivity contribution in [3.8, 4) is 0 Å². The van der Waals surface area contributed by atoms with Crippen LogP contribution in [0.2, 0.25) is 0 Å². The maximum Gasteiger partial charge on any atom is 0.251 e. The Morgan fingerprint density at radius 2 is 1.88 bits per heavy atom. The molecule has 0 radical (unpaired) electrons. The van der Waals surface area contributed by atoms with Crippen LogP contribution >= 0.6 is 0 Å². The molecule has 5 heteroatoms. The van der Waals surface area contributed by atoms with Crippen LogP contribution in [0.25, 0.3) is 0 Å². The van der Waals surface area contributed by atoms with Gasteiger partial charge in [0.1, 0.15) is 5.76 Å². The average Bonchev–Trinajstić information content (AvgIpc) is 3.21. The molecular formula is C21H22N2O3. The van der Waals surface area contributed by atoms with Crippen LogP contribution in [0.1, 0.15) is 29.2 Å². The van der Waals surface area contributed by atoms with Crippen molar-refractivity contribution in [2.45, 2.75) is 25.2 Å². The molecule has 0 spiro atoms. The van der Waals surface area contributed by atoms with E-state index >= 15 is 0 Å². The van der Waals surface area contributed by atoms with Crippen molar-refractivity contribution in [3.05, 3.63) is 90.1 Å². The van der Waals surface area contributed by atoms with E-state index in [1.54, 1.807) is 18.7 Å². The van der Waals surface area contributed by atoms with Crippen LogP contribution in [-0.4, -0.2) is 17.5 Å². The molecule has 0 saturated carbocycles. The Morgan fingerprint density at radius 1 is 1.08 bits per heavy atom. The molecule has 0 bridgehead atoms. The van der Waals surface area contributed by atoms with Crippen molar-refractivity contribution >= 4 is 5.91 Å². The lowest BCUT2D eigenvalue weighted by atomic mass is 9.92. The molecule has 0 saturated heterocycles. The lowest BCUT2D eigenvalue weighted by Gasteiger charge is -2.17. The second-order valence-corrected chi connectivity index (χ2v) is 6.02. The van der Waals surface area contributed by atoms with Crippen molar-refractivity contribution in [1.29, 1.82) is 0 Å². The fourth-order valence-corrected chi connectivity index (χ4v) is 2.77. The number of nitrogens with one attached hydrogen (secondary N) is 1. The highest BCUT2D eigenvalue weighted by molar-refractivity contribution is 5.83. The standard InChI is InChI=1S/C21H22N2O3/c24-21(23-26-15-5-9-19-8-4-14-25-19)20(18-6-2-1-3-7-18)16-17-10-12-22-13-11-17/h1-4,6-8,10-14,20H,5,9,15-16H2,(H,23,24). The van der Waals surface area contributed by atoms with Crippen molar-refractivity contribution in [3.63, 3.8) is 0 Å². The molecule has 3 rings (SSSR count). The molecule has 2 aromatic heterocycles. The van der Waals surface area contributed by atoms with Crippen molar-refractivity contribution < 1.29 is 14.0 Å². The molecule has 26 heavy (non-hydrogen) atoms. The van der Waals surface area contributed by atoms with Crippen LogP contribution in [0.5, 0.6) is 0 Å². The number of pyridine rings is 1. The Kier molecular flexibility index (Phi) is 6.56. The molecule has 134 valence electrons. The van der Waals surface area contributed by atoms with Crippen molar-refractivity contribution in [1.82, 2.24) is 10.5 Å². The van der Waals surface area contributed by atoms with Gasteiger partial charge in [-0.05, 0) is 48.2 Å². The first-order valence-electron chi connectivity index (χ1n) is 8.71. The first-order valence-corrected chi connectivity index (χ1v) is 8.71. The van der Waals surface area contributed by atoms with E-state index in [1.165, 1.54) is 0 Å². The quantitative estimate of drug-likeness (QED) is 0.472. The highest BCUT2D eigenvalue weighted by atomic mass is 16.6. The fourth-order valence-electron chi connectivity index (χ4n) is 2.77. The van der Waals surface area contributed by atoms with Gasteiger partial charge in [-0.2, -0.15) is 0 Å². The van der Waals surface area contributed by atoms with Gasteiger partial charge in [-0.3, -0.25) is 14.6 Å². The van der Waals surface area contributed by atoms with E-state index in [0.29, 0.717) is 13.0 Å². The van der Waals surface area contributed by atoms with E-state index in [4.69, 9.17) is 9.25 Å². The Morgan fingerprint density at radius 3 is 2.62 bits per heavy atom. The number of hydroxylamine groups is 1. The molecule has 0 aliphatic heterocycles. The van der Waals surface area contributed by atoms with Gasteiger partial charge in [-0.15, -0.1) is 0 Å². The number of hydrogen-bond donors (Lipinski definition) is 1. The smallest absolute Gasteiger partial charge is 0.251 e. The summed E-state index contributed by atoms with van der Waals surface area (Å²) < 4.78 is 5.28. The van der Waals surface area contributed by atoms with E-state index in [2.05, 4.69) is 10.5 Å². The van der Waals surface area contributed by atoms with Gasteiger partial charge in [0.2, 0.25) is 0 Å². The van der Waals surface area contributed by atoms with Crippen LogP contribution in [0, 0.1) is 0 Å². The molecule has 0 aliphatic rings. The van der Waals surface area contributed by atoms with Gasteiger partial charge in [-0.25, -0.2) is 5.48 Å². The summed E-state index contributed by atoms with van der Waals surface area (Å²) in [5.41, 5.74) is 4.61. The van der Waals surface area contributed by atoms with Crippen LogP contribution < -0.4 is 5.48 Å². The number of carbonyl (C=O) groups is 1. The Balaban J connectivity index is 1.54. The van der Waals surface area contributed by atoms with Crippen molar-refractivity contribution in [2.24, 2.45) is 0 Å².